The summed E-state index contributed by atoms with van der Waals surface area (Å²) in [7, 11) is 0. The number of nitrogens with zero attached hydrogens (tertiary/aromatic N) is 2. The van der Waals surface area contributed by atoms with Crippen molar-refractivity contribution in [2.24, 2.45) is 0 Å². The number of para-hydroxylation sites is 5. The molecule has 0 atom stereocenters. The third-order valence-corrected chi connectivity index (χ3v) is 12.6. The third kappa shape index (κ3) is 5.14. The summed E-state index contributed by atoms with van der Waals surface area (Å²) in [6.45, 7) is 0. The zero-order chi connectivity index (χ0) is 40.7. The van der Waals surface area contributed by atoms with Gasteiger partial charge in [0, 0.05) is 49.0 Å². The molecule has 0 aliphatic carbocycles. The van der Waals surface area contributed by atoms with Gasteiger partial charge in [0.15, 0.2) is 0 Å². The summed E-state index contributed by atoms with van der Waals surface area (Å²) >= 11 is 0. The number of anilines is 3. The van der Waals surface area contributed by atoms with Crippen molar-refractivity contribution in [3.05, 3.63) is 218 Å². The molecule has 4 heteroatoms. The van der Waals surface area contributed by atoms with Crippen LogP contribution in [0.3, 0.4) is 0 Å². The van der Waals surface area contributed by atoms with Gasteiger partial charge in [0.25, 0.3) is 0 Å². The zero-order valence-electron chi connectivity index (χ0n) is 33.5. The molecule has 13 rings (SSSR count). The molecule has 0 fully saturated rings. The maximum atomic E-state index is 7.04. The molecule has 3 aromatic heterocycles. The summed E-state index contributed by atoms with van der Waals surface area (Å²) in [5.41, 5.74) is 14.3. The van der Waals surface area contributed by atoms with E-state index >= 15 is 0 Å². The Morgan fingerprint density at radius 2 is 0.935 bits per heavy atom. The fourth-order valence-corrected chi connectivity index (χ4v) is 9.90. The molecular formula is C58H36N2O2. The molecule has 0 spiro atoms. The quantitative estimate of drug-likeness (QED) is 0.168. The molecule has 4 nitrogen and oxygen atoms in total. The van der Waals surface area contributed by atoms with Gasteiger partial charge in [-0.3, -0.25) is 0 Å². The maximum absolute atomic E-state index is 7.04. The molecule has 0 radical (unpaired) electrons. The van der Waals surface area contributed by atoms with Crippen LogP contribution in [0.4, 0.5) is 17.1 Å². The predicted octanol–water partition coefficient (Wildman–Crippen LogP) is 16.5. The van der Waals surface area contributed by atoms with Gasteiger partial charge < -0.3 is 18.3 Å². The second-order valence-electron chi connectivity index (χ2n) is 16.0. The molecule has 3 heterocycles. The van der Waals surface area contributed by atoms with E-state index in [-0.39, 0.29) is 0 Å². The van der Waals surface area contributed by atoms with E-state index in [9.17, 15) is 0 Å². The van der Waals surface area contributed by atoms with Gasteiger partial charge in [0.1, 0.15) is 22.3 Å². The Labute approximate surface area is 356 Å². The van der Waals surface area contributed by atoms with Crippen molar-refractivity contribution in [2.45, 2.75) is 0 Å². The van der Waals surface area contributed by atoms with Crippen LogP contribution in [-0.4, -0.2) is 4.57 Å². The molecule has 0 saturated heterocycles. The summed E-state index contributed by atoms with van der Waals surface area (Å²) in [4.78, 5) is 2.42. The largest absolute Gasteiger partial charge is 0.456 e. The second kappa shape index (κ2) is 13.6. The van der Waals surface area contributed by atoms with Crippen LogP contribution in [0.5, 0.6) is 0 Å². The van der Waals surface area contributed by atoms with Crippen LogP contribution in [0.15, 0.2) is 227 Å². The van der Waals surface area contributed by atoms with Crippen LogP contribution in [0.2, 0.25) is 0 Å². The van der Waals surface area contributed by atoms with Crippen molar-refractivity contribution in [1.82, 2.24) is 4.57 Å². The minimum absolute atomic E-state index is 0.845. The molecule has 290 valence electrons. The Morgan fingerprint density at radius 3 is 1.73 bits per heavy atom. The van der Waals surface area contributed by atoms with Gasteiger partial charge in [-0.15, -0.1) is 0 Å². The zero-order valence-corrected chi connectivity index (χ0v) is 33.5. The Balaban J connectivity index is 1.10. The molecule has 0 saturated carbocycles. The molecule has 0 aliphatic rings. The molecule has 0 aliphatic heterocycles. The molecule has 13 aromatic rings. The van der Waals surface area contributed by atoms with E-state index in [0.717, 1.165) is 105 Å². The summed E-state index contributed by atoms with van der Waals surface area (Å²) in [6, 6.07) is 78.0. The fraction of sp³-hybridized carbons (Fsp3) is 0. The average molecular weight is 793 g/mol. The van der Waals surface area contributed by atoms with Crippen molar-refractivity contribution in [3.63, 3.8) is 0 Å². The van der Waals surface area contributed by atoms with Gasteiger partial charge in [0.05, 0.1) is 33.7 Å². The van der Waals surface area contributed by atoms with Crippen LogP contribution in [0.25, 0.3) is 104 Å². The van der Waals surface area contributed by atoms with E-state index in [1.165, 1.54) is 16.2 Å². The summed E-state index contributed by atoms with van der Waals surface area (Å²) in [6.07, 6.45) is 0. The lowest BCUT2D eigenvalue weighted by Crippen LogP contribution is -2.12. The Hall–Kier alpha value is -8.34. The number of aromatic nitrogens is 1. The topological polar surface area (TPSA) is 34.5 Å². The smallest absolute Gasteiger partial charge is 0.145 e. The Kier molecular flexibility index (Phi) is 7.57. The number of rotatable bonds is 6. The van der Waals surface area contributed by atoms with Gasteiger partial charge in [-0.2, -0.15) is 0 Å². The highest BCUT2D eigenvalue weighted by Gasteiger charge is 2.26. The molecule has 10 aromatic carbocycles. The van der Waals surface area contributed by atoms with Gasteiger partial charge in [-0.1, -0.05) is 152 Å². The van der Waals surface area contributed by atoms with Crippen molar-refractivity contribution in [3.8, 4) is 27.9 Å². The normalized spacial score (nSPS) is 11.9. The fourth-order valence-electron chi connectivity index (χ4n) is 9.90. The first-order valence-corrected chi connectivity index (χ1v) is 21.1. The van der Waals surface area contributed by atoms with Crippen LogP contribution in [0, 0.1) is 0 Å². The third-order valence-electron chi connectivity index (χ3n) is 12.6. The molecule has 0 amide bonds. The maximum Gasteiger partial charge on any atom is 0.145 e. The first kappa shape index (κ1) is 34.5. The van der Waals surface area contributed by atoms with Gasteiger partial charge in [0.2, 0.25) is 0 Å². The van der Waals surface area contributed by atoms with Crippen molar-refractivity contribution >= 4 is 93.5 Å². The number of hydrogen-bond acceptors (Lipinski definition) is 3. The van der Waals surface area contributed by atoms with E-state index in [2.05, 4.69) is 210 Å². The van der Waals surface area contributed by atoms with Gasteiger partial charge in [-0.05, 0) is 83.2 Å². The molecule has 62 heavy (non-hydrogen) atoms. The Morgan fingerprint density at radius 1 is 0.355 bits per heavy atom. The number of benzene rings is 10. The highest BCUT2D eigenvalue weighted by Crippen LogP contribution is 2.50. The predicted molar refractivity (Wildman–Crippen MR) is 258 cm³/mol. The van der Waals surface area contributed by atoms with Crippen molar-refractivity contribution in [2.75, 3.05) is 4.90 Å². The summed E-state index contributed by atoms with van der Waals surface area (Å²) in [5.74, 6) is 0. The van der Waals surface area contributed by atoms with Crippen LogP contribution < -0.4 is 4.90 Å². The lowest BCUT2D eigenvalue weighted by atomic mass is 9.95. The molecular weight excluding hydrogens is 757 g/mol. The highest BCUT2D eigenvalue weighted by atomic mass is 16.3. The monoisotopic (exact) mass is 792 g/mol. The minimum atomic E-state index is 0.845. The summed E-state index contributed by atoms with van der Waals surface area (Å²) < 4.78 is 15.8. The molecule has 0 unspecified atom stereocenters. The minimum Gasteiger partial charge on any atom is -0.456 e. The first-order chi connectivity index (χ1) is 30.8. The summed E-state index contributed by atoms with van der Waals surface area (Å²) in [5, 5.41) is 9.17. The van der Waals surface area contributed by atoms with Crippen molar-refractivity contribution in [1.29, 1.82) is 0 Å². The van der Waals surface area contributed by atoms with Gasteiger partial charge >= 0.3 is 0 Å². The SMILES string of the molecule is c1ccc(-n2c3ccccc3c3ccccc32)c(-c2c(N(c3ccc(-c4cccc5oc6ccccc6c45)cc3)c3cccc4ccccc34)ccc3c2oc2ccccc23)c1. The van der Waals surface area contributed by atoms with E-state index in [1.54, 1.807) is 0 Å². The van der Waals surface area contributed by atoms with E-state index in [1.807, 2.05) is 18.2 Å². The van der Waals surface area contributed by atoms with E-state index in [4.69, 9.17) is 8.83 Å². The van der Waals surface area contributed by atoms with Crippen LogP contribution in [-0.2, 0) is 0 Å². The average Bonchev–Trinajstić information content (AvgIpc) is 4.02. The highest BCUT2D eigenvalue weighted by molar-refractivity contribution is 6.16. The van der Waals surface area contributed by atoms with E-state index < -0.39 is 0 Å². The van der Waals surface area contributed by atoms with Crippen LogP contribution >= 0.6 is 0 Å². The van der Waals surface area contributed by atoms with Crippen molar-refractivity contribution < 1.29 is 8.83 Å². The first-order valence-electron chi connectivity index (χ1n) is 21.1. The number of hydrogen-bond donors (Lipinski definition) is 0. The van der Waals surface area contributed by atoms with E-state index in [0.29, 0.717) is 0 Å². The number of fused-ring (bicyclic) bond motifs is 10. The number of furan rings is 2. The van der Waals surface area contributed by atoms with Gasteiger partial charge in [-0.25, -0.2) is 0 Å². The molecule has 0 bridgehead atoms. The van der Waals surface area contributed by atoms with Crippen LogP contribution in [0.1, 0.15) is 0 Å². The lowest BCUT2D eigenvalue weighted by Gasteiger charge is -2.30. The molecule has 0 N–H and O–H groups in total. The second-order valence-corrected chi connectivity index (χ2v) is 16.0. The standard InChI is InChI=1S/C58H36N2O2/c1-2-17-40-37(15-1)16-13-27-48(40)59(39-33-31-38(32-34-39)41-23-14-30-55-56(41)47-22-7-12-29-54(47)61-55)52-36-35-45-44-20-6-11-28-53(44)62-58(45)57(52)46-21-5-10-26-51(46)60-49-24-8-3-18-42(49)43-19-4-9-25-50(43)60/h1-36H. The Bertz CT molecular complexity index is 3830. The lowest BCUT2D eigenvalue weighted by molar-refractivity contribution is 0.669.